The largest absolute Gasteiger partial charge is 0.382 e. The minimum atomic E-state index is -0.152. The highest BCUT2D eigenvalue weighted by Crippen LogP contribution is 2.16. The topological polar surface area (TPSA) is 9.23 Å². The molecule has 17 heavy (non-hydrogen) atoms. The molecule has 1 nitrogen and oxygen atoms in total. The highest BCUT2D eigenvalue weighted by Gasteiger charge is 2.16. The maximum atomic E-state index is 6.41. The van der Waals surface area contributed by atoms with Crippen LogP contribution in [0.25, 0.3) is 0 Å². The van der Waals surface area contributed by atoms with Gasteiger partial charge in [-0.2, -0.15) is 0 Å². The van der Waals surface area contributed by atoms with E-state index < -0.39 is 0 Å². The Morgan fingerprint density at radius 3 is 2.82 bits per heavy atom. The lowest BCUT2D eigenvalue weighted by Gasteiger charge is -2.23. The molecule has 1 aliphatic rings. The Hall–Kier alpha value is -0.313. The fourth-order valence-electron chi connectivity index (χ4n) is 2.37. The Balaban J connectivity index is 1.68. The van der Waals surface area contributed by atoms with Gasteiger partial charge in [0.15, 0.2) is 0 Å². The first-order valence-electron chi connectivity index (χ1n) is 6.64. The molecule has 1 aliphatic heterocycles. The van der Waals surface area contributed by atoms with Crippen LogP contribution >= 0.6 is 11.6 Å². The van der Waals surface area contributed by atoms with Crippen molar-refractivity contribution in [1.29, 1.82) is 0 Å². The standard InChI is InChI=1S/C14H21ClOSi/c15-13(10-12-6-2-1-3-7-12)11-17-14-8-4-5-9-16-14/h1-3,6-7,13-14H,4-5,8-11,17H2. The summed E-state index contributed by atoms with van der Waals surface area (Å²) in [5, 5.41) is 0.301. The summed E-state index contributed by atoms with van der Waals surface area (Å²) in [6.07, 6.45) is 4.88. The van der Waals surface area contributed by atoms with Gasteiger partial charge in [-0.3, -0.25) is 0 Å². The zero-order valence-electron chi connectivity index (χ0n) is 10.3. The molecule has 1 heterocycles. The van der Waals surface area contributed by atoms with Gasteiger partial charge in [0.1, 0.15) is 0 Å². The highest BCUT2D eigenvalue weighted by atomic mass is 35.5. The molecule has 0 aliphatic carbocycles. The average molecular weight is 269 g/mol. The molecule has 0 N–H and O–H groups in total. The van der Waals surface area contributed by atoms with Crippen LogP contribution in [0.5, 0.6) is 0 Å². The van der Waals surface area contributed by atoms with Gasteiger partial charge in [-0.15, -0.1) is 11.6 Å². The average Bonchev–Trinajstić information content (AvgIpc) is 2.39. The van der Waals surface area contributed by atoms with Gasteiger partial charge >= 0.3 is 0 Å². The number of halogens is 1. The minimum Gasteiger partial charge on any atom is -0.382 e. The summed E-state index contributed by atoms with van der Waals surface area (Å²) in [6, 6.07) is 11.7. The van der Waals surface area contributed by atoms with Crippen molar-refractivity contribution in [3.8, 4) is 0 Å². The molecule has 2 rings (SSSR count). The van der Waals surface area contributed by atoms with Crippen molar-refractivity contribution in [2.75, 3.05) is 6.61 Å². The van der Waals surface area contributed by atoms with E-state index in [1.54, 1.807) is 0 Å². The summed E-state index contributed by atoms with van der Waals surface area (Å²) < 4.78 is 5.78. The molecule has 3 heteroatoms. The third kappa shape index (κ3) is 4.82. The Bertz CT molecular complexity index is 311. The zero-order chi connectivity index (χ0) is 11.9. The van der Waals surface area contributed by atoms with E-state index in [2.05, 4.69) is 30.3 Å². The number of rotatable bonds is 5. The molecule has 0 spiro atoms. The lowest BCUT2D eigenvalue weighted by Crippen LogP contribution is -2.27. The third-order valence-electron chi connectivity index (χ3n) is 3.38. The van der Waals surface area contributed by atoms with Crippen LogP contribution in [0.4, 0.5) is 0 Å². The molecule has 0 aromatic heterocycles. The van der Waals surface area contributed by atoms with E-state index in [1.807, 2.05) is 0 Å². The molecule has 94 valence electrons. The maximum Gasteiger partial charge on any atom is 0.0570 e. The third-order valence-corrected chi connectivity index (χ3v) is 6.43. The van der Waals surface area contributed by atoms with Crippen LogP contribution in [0.15, 0.2) is 30.3 Å². The van der Waals surface area contributed by atoms with Crippen LogP contribution in [0.3, 0.4) is 0 Å². The van der Waals surface area contributed by atoms with E-state index >= 15 is 0 Å². The molecule has 1 saturated heterocycles. The second kappa shape index (κ2) is 7.19. The number of hydrogen-bond acceptors (Lipinski definition) is 1. The van der Waals surface area contributed by atoms with E-state index in [1.165, 1.54) is 30.9 Å². The molecule has 1 aromatic carbocycles. The molecular weight excluding hydrogens is 248 g/mol. The van der Waals surface area contributed by atoms with Crippen molar-refractivity contribution in [2.45, 2.75) is 42.8 Å². The summed E-state index contributed by atoms with van der Waals surface area (Å²) >= 11 is 6.41. The number of ether oxygens (including phenoxy) is 1. The lowest BCUT2D eigenvalue weighted by atomic mass is 10.1. The van der Waals surface area contributed by atoms with Gasteiger partial charge in [-0.25, -0.2) is 0 Å². The van der Waals surface area contributed by atoms with Crippen LogP contribution in [0, 0.1) is 0 Å². The quantitative estimate of drug-likeness (QED) is 0.589. The van der Waals surface area contributed by atoms with Gasteiger partial charge in [0, 0.05) is 17.7 Å². The van der Waals surface area contributed by atoms with E-state index in [-0.39, 0.29) is 9.52 Å². The van der Waals surface area contributed by atoms with Crippen LogP contribution in [0.1, 0.15) is 24.8 Å². The smallest absolute Gasteiger partial charge is 0.0570 e. The van der Waals surface area contributed by atoms with Gasteiger partial charge in [0.25, 0.3) is 0 Å². The molecule has 0 bridgehead atoms. The van der Waals surface area contributed by atoms with Crippen molar-refractivity contribution in [2.24, 2.45) is 0 Å². The van der Waals surface area contributed by atoms with Crippen LogP contribution in [-0.4, -0.2) is 27.2 Å². The summed E-state index contributed by atoms with van der Waals surface area (Å²) in [4.78, 5) is 0. The predicted octanol–water partition coefficient (Wildman–Crippen LogP) is 2.95. The Morgan fingerprint density at radius 1 is 1.29 bits per heavy atom. The minimum absolute atomic E-state index is 0.152. The van der Waals surface area contributed by atoms with Gasteiger partial charge < -0.3 is 4.74 Å². The molecule has 0 amide bonds. The van der Waals surface area contributed by atoms with Gasteiger partial charge in [0.05, 0.1) is 9.52 Å². The van der Waals surface area contributed by atoms with E-state index in [9.17, 15) is 0 Å². The molecule has 0 saturated carbocycles. The fourth-order valence-corrected chi connectivity index (χ4v) is 4.78. The van der Waals surface area contributed by atoms with E-state index in [4.69, 9.17) is 16.3 Å². The number of hydrogen-bond donors (Lipinski definition) is 0. The highest BCUT2D eigenvalue weighted by molar-refractivity contribution is 6.40. The summed E-state index contributed by atoms with van der Waals surface area (Å²) in [5.41, 5.74) is 1.95. The molecule has 1 fully saturated rings. The Morgan fingerprint density at radius 2 is 2.12 bits per heavy atom. The predicted molar refractivity (Wildman–Crippen MR) is 76.7 cm³/mol. The summed E-state index contributed by atoms with van der Waals surface area (Å²) in [7, 11) is -0.152. The van der Waals surface area contributed by atoms with E-state index in [0.717, 1.165) is 13.0 Å². The Labute approximate surface area is 111 Å². The van der Waals surface area contributed by atoms with Gasteiger partial charge in [0.2, 0.25) is 0 Å². The number of benzene rings is 1. The summed E-state index contributed by atoms with van der Waals surface area (Å²) in [6.45, 7) is 0.976. The second-order valence-corrected chi connectivity index (χ2v) is 7.54. The first-order chi connectivity index (χ1) is 8.34. The molecule has 2 unspecified atom stereocenters. The van der Waals surface area contributed by atoms with Crippen LogP contribution in [0.2, 0.25) is 6.04 Å². The molecule has 1 aromatic rings. The zero-order valence-corrected chi connectivity index (χ0v) is 12.4. The van der Waals surface area contributed by atoms with Crippen molar-refractivity contribution in [3.63, 3.8) is 0 Å². The van der Waals surface area contributed by atoms with Crippen molar-refractivity contribution in [1.82, 2.24) is 0 Å². The van der Waals surface area contributed by atoms with Gasteiger partial charge in [-0.05, 0) is 37.3 Å². The van der Waals surface area contributed by atoms with Crippen molar-refractivity contribution in [3.05, 3.63) is 35.9 Å². The molecule has 0 radical (unpaired) electrons. The monoisotopic (exact) mass is 268 g/mol. The Kier molecular flexibility index (Phi) is 5.56. The first kappa shape index (κ1) is 13.1. The number of alkyl halides is 1. The lowest BCUT2D eigenvalue weighted by molar-refractivity contribution is 0.0650. The SMILES string of the molecule is ClC(C[SiH2]C1CCCCO1)Cc1ccccc1. The van der Waals surface area contributed by atoms with E-state index in [0.29, 0.717) is 11.1 Å². The second-order valence-electron chi connectivity index (χ2n) is 4.85. The van der Waals surface area contributed by atoms with Crippen molar-refractivity contribution >= 4 is 21.1 Å². The molecule has 2 atom stereocenters. The van der Waals surface area contributed by atoms with Crippen LogP contribution in [-0.2, 0) is 11.2 Å². The van der Waals surface area contributed by atoms with Crippen molar-refractivity contribution < 1.29 is 4.74 Å². The van der Waals surface area contributed by atoms with Gasteiger partial charge in [-0.1, -0.05) is 30.3 Å². The van der Waals surface area contributed by atoms with Crippen LogP contribution < -0.4 is 0 Å². The fraction of sp³-hybridized carbons (Fsp3) is 0.571. The maximum absolute atomic E-state index is 6.41. The first-order valence-corrected chi connectivity index (χ1v) is 8.89. The molecular formula is C14H21ClOSi. The normalized spacial score (nSPS) is 23.0. The summed E-state index contributed by atoms with van der Waals surface area (Å²) in [5.74, 6) is 0.